The topological polar surface area (TPSA) is 76.8 Å². The lowest BCUT2D eigenvalue weighted by molar-refractivity contribution is -0.123. The zero-order valence-corrected chi connectivity index (χ0v) is 14.2. The van der Waals surface area contributed by atoms with Gasteiger partial charge in [0.2, 0.25) is 5.91 Å². The minimum atomic E-state index is -0.403. The van der Waals surface area contributed by atoms with E-state index in [2.05, 4.69) is 25.3 Å². The fraction of sp³-hybridized carbons (Fsp3) is 0.353. The van der Waals surface area contributed by atoms with E-state index < -0.39 is 6.04 Å². The van der Waals surface area contributed by atoms with Crippen LogP contribution in [-0.4, -0.2) is 38.8 Å². The molecule has 2 heterocycles. The Morgan fingerprint density at radius 2 is 2.12 bits per heavy atom. The highest BCUT2D eigenvalue weighted by Gasteiger charge is 2.19. The van der Waals surface area contributed by atoms with Crippen molar-refractivity contribution in [2.75, 3.05) is 13.6 Å². The first-order valence-electron chi connectivity index (χ1n) is 7.95. The molecule has 1 unspecified atom stereocenters. The fourth-order valence-corrected chi connectivity index (χ4v) is 2.91. The molecule has 1 atom stereocenters. The van der Waals surface area contributed by atoms with Crippen molar-refractivity contribution in [3.05, 3.63) is 48.0 Å². The van der Waals surface area contributed by atoms with Gasteiger partial charge in [-0.1, -0.05) is 12.1 Å². The molecule has 0 fully saturated rings. The summed E-state index contributed by atoms with van der Waals surface area (Å²) >= 11 is 0. The molecule has 1 amide bonds. The highest BCUT2D eigenvalue weighted by atomic mass is 16.2. The number of nitrogens with one attached hydrogen (secondary N) is 2. The van der Waals surface area contributed by atoms with E-state index in [1.54, 1.807) is 17.9 Å². The third-order valence-corrected chi connectivity index (χ3v) is 4.09. The summed E-state index contributed by atoms with van der Waals surface area (Å²) < 4.78 is 3.81. The van der Waals surface area contributed by atoms with Gasteiger partial charge >= 0.3 is 0 Å². The minimum absolute atomic E-state index is 0.0624. The van der Waals surface area contributed by atoms with Crippen LogP contribution in [0.25, 0.3) is 11.0 Å². The number of para-hydroxylation sites is 2. The molecule has 0 aliphatic heterocycles. The molecule has 126 valence electrons. The molecular weight excluding hydrogens is 304 g/mol. The molecule has 1 aromatic carbocycles. The van der Waals surface area contributed by atoms with Crippen molar-refractivity contribution in [3.63, 3.8) is 0 Å². The molecule has 7 heteroatoms. The fourth-order valence-electron chi connectivity index (χ4n) is 2.91. The number of nitrogens with zero attached hydrogens (tertiary/aromatic N) is 4. The van der Waals surface area contributed by atoms with Gasteiger partial charge in [-0.05, 0) is 26.1 Å². The molecular formula is C17H22N6O. The number of amides is 1. The molecule has 0 saturated carbocycles. The number of carbonyl (C=O) groups is 1. The molecule has 24 heavy (non-hydrogen) atoms. The van der Waals surface area contributed by atoms with Gasteiger partial charge in [-0.3, -0.25) is 9.48 Å². The van der Waals surface area contributed by atoms with Gasteiger partial charge in [0, 0.05) is 31.9 Å². The summed E-state index contributed by atoms with van der Waals surface area (Å²) in [7, 11) is 3.60. The van der Waals surface area contributed by atoms with Gasteiger partial charge in [0.25, 0.3) is 0 Å². The Kier molecular flexibility index (Phi) is 4.61. The summed E-state index contributed by atoms with van der Waals surface area (Å²) in [5, 5.41) is 10.1. The number of rotatable bonds is 6. The standard InChI is InChI=1S/C17H22N6O/c1-12-21-14-6-4-5-7-15(14)23(12)9-8-19-17(24)16(18-2)13-10-20-22(3)11-13/h4-7,10-11,16,18H,8-9H2,1-3H3,(H,19,24). The monoisotopic (exact) mass is 326 g/mol. The molecule has 0 spiro atoms. The van der Waals surface area contributed by atoms with Crippen molar-refractivity contribution in [1.82, 2.24) is 30.0 Å². The van der Waals surface area contributed by atoms with Crippen LogP contribution >= 0.6 is 0 Å². The molecule has 3 aromatic rings. The van der Waals surface area contributed by atoms with Crippen LogP contribution in [0.3, 0.4) is 0 Å². The number of fused-ring (bicyclic) bond motifs is 1. The highest BCUT2D eigenvalue weighted by Crippen LogP contribution is 2.15. The Morgan fingerprint density at radius 3 is 2.83 bits per heavy atom. The highest BCUT2D eigenvalue weighted by molar-refractivity contribution is 5.83. The lowest BCUT2D eigenvalue weighted by Crippen LogP contribution is -2.37. The first kappa shape index (κ1) is 16.2. The van der Waals surface area contributed by atoms with Crippen molar-refractivity contribution >= 4 is 16.9 Å². The second kappa shape index (κ2) is 6.84. The van der Waals surface area contributed by atoms with E-state index in [1.807, 2.05) is 44.4 Å². The van der Waals surface area contributed by atoms with Crippen molar-refractivity contribution in [1.29, 1.82) is 0 Å². The van der Waals surface area contributed by atoms with Gasteiger partial charge in [0.05, 0.1) is 17.2 Å². The molecule has 7 nitrogen and oxygen atoms in total. The van der Waals surface area contributed by atoms with Crippen LogP contribution < -0.4 is 10.6 Å². The van der Waals surface area contributed by atoms with Crippen molar-refractivity contribution in [2.45, 2.75) is 19.5 Å². The zero-order valence-electron chi connectivity index (χ0n) is 14.2. The quantitative estimate of drug-likeness (QED) is 0.712. The van der Waals surface area contributed by atoms with E-state index in [0.717, 1.165) is 22.4 Å². The van der Waals surface area contributed by atoms with E-state index in [0.29, 0.717) is 13.1 Å². The number of imidazole rings is 1. The van der Waals surface area contributed by atoms with E-state index >= 15 is 0 Å². The van der Waals surface area contributed by atoms with Gasteiger partial charge in [0.1, 0.15) is 11.9 Å². The molecule has 0 aliphatic rings. The predicted molar refractivity (Wildman–Crippen MR) is 92.5 cm³/mol. The van der Waals surface area contributed by atoms with Crippen molar-refractivity contribution in [2.24, 2.45) is 7.05 Å². The second-order valence-corrected chi connectivity index (χ2v) is 5.76. The molecule has 0 aliphatic carbocycles. The van der Waals surface area contributed by atoms with Crippen LogP contribution in [0.1, 0.15) is 17.4 Å². The minimum Gasteiger partial charge on any atom is -0.353 e. The third kappa shape index (κ3) is 3.16. The van der Waals surface area contributed by atoms with Gasteiger partial charge in [-0.2, -0.15) is 5.10 Å². The maximum Gasteiger partial charge on any atom is 0.241 e. The Labute approximate surface area is 140 Å². The lowest BCUT2D eigenvalue weighted by atomic mass is 10.1. The number of carbonyl (C=O) groups excluding carboxylic acids is 1. The zero-order chi connectivity index (χ0) is 17.1. The molecule has 2 aromatic heterocycles. The molecule has 0 radical (unpaired) electrons. The van der Waals surface area contributed by atoms with Crippen LogP contribution in [0.15, 0.2) is 36.7 Å². The summed E-state index contributed by atoms with van der Waals surface area (Å²) in [6, 6.07) is 7.61. The number of likely N-dealkylation sites (N-methyl/N-ethyl adjacent to an activating group) is 1. The average molecular weight is 326 g/mol. The van der Waals surface area contributed by atoms with Gasteiger partial charge in [0.15, 0.2) is 0 Å². The van der Waals surface area contributed by atoms with Crippen LogP contribution in [0.2, 0.25) is 0 Å². The van der Waals surface area contributed by atoms with Crippen LogP contribution in [0.5, 0.6) is 0 Å². The summed E-state index contributed by atoms with van der Waals surface area (Å²) in [5.41, 5.74) is 2.91. The smallest absolute Gasteiger partial charge is 0.241 e. The SMILES string of the molecule is CNC(C(=O)NCCn1c(C)nc2ccccc21)c1cnn(C)c1. The number of hydrogen-bond acceptors (Lipinski definition) is 4. The number of aromatic nitrogens is 4. The van der Waals surface area contributed by atoms with E-state index in [4.69, 9.17) is 0 Å². The van der Waals surface area contributed by atoms with Crippen LogP contribution in [-0.2, 0) is 18.4 Å². The number of benzene rings is 1. The maximum absolute atomic E-state index is 12.4. The van der Waals surface area contributed by atoms with Crippen LogP contribution in [0, 0.1) is 6.92 Å². The maximum atomic E-state index is 12.4. The second-order valence-electron chi connectivity index (χ2n) is 5.76. The molecule has 2 N–H and O–H groups in total. The molecule has 0 bridgehead atoms. The van der Waals surface area contributed by atoms with Crippen molar-refractivity contribution < 1.29 is 4.79 Å². The summed E-state index contributed by atoms with van der Waals surface area (Å²) in [4.78, 5) is 17.0. The number of aryl methyl sites for hydroxylation is 2. The Balaban J connectivity index is 1.64. The Bertz CT molecular complexity index is 850. The van der Waals surface area contributed by atoms with Gasteiger partial charge in [-0.15, -0.1) is 0 Å². The van der Waals surface area contributed by atoms with Crippen molar-refractivity contribution in [3.8, 4) is 0 Å². The summed E-state index contributed by atoms with van der Waals surface area (Å²) in [5.74, 6) is 0.885. The van der Waals surface area contributed by atoms with Crippen LogP contribution in [0.4, 0.5) is 0 Å². The Hall–Kier alpha value is -2.67. The normalized spacial score (nSPS) is 12.5. The Morgan fingerprint density at radius 1 is 1.33 bits per heavy atom. The lowest BCUT2D eigenvalue weighted by Gasteiger charge is -2.15. The summed E-state index contributed by atoms with van der Waals surface area (Å²) in [6.45, 7) is 3.20. The van der Waals surface area contributed by atoms with Gasteiger partial charge < -0.3 is 15.2 Å². The predicted octanol–water partition coefficient (Wildman–Crippen LogP) is 1.16. The number of hydrogen-bond donors (Lipinski definition) is 2. The third-order valence-electron chi connectivity index (χ3n) is 4.09. The molecule has 3 rings (SSSR count). The molecule has 0 saturated heterocycles. The van der Waals surface area contributed by atoms with E-state index in [1.165, 1.54) is 0 Å². The first-order valence-corrected chi connectivity index (χ1v) is 7.95. The first-order chi connectivity index (χ1) is 11.6. The van der Waals surface area contributed by atoms with E-state index in [9.17, 15) is 4.79 Å². The average Bonchev–Trinajstić information content (AvgIpc) is 3.12. The largest absolute Gasteiger partial charge is 0.353 e. The van der Waals surface area contributed by atoms with E-state index in [-0.39, 0.29) is 5.91 Å². The summed E-state index contributed by atoms with van der Waals surface area (Å²) in [6.07, 6.45) is 3.54. The van der Waals surface area contributed by atoms with Gasteiger partial charge in [-0.25, -0.2) is 4.98 Å².